The number of carbonyl (C=O) groups excluding carboxylic acids is 1. The van der Waals surface area contributed by atoms with Crippen molar-refractivity contribution in [1.82, 2.24) is 15.2 Å². The zero-order chi connectivity index (χ0) is 11.8. The van der Waals surface area contributed by atoms with E-state index in [1.807, 2.05) is 4.90 Å². The second-order valence-electron chi connectivity index (χ2n) is 4.82. The molecule has 0 bridgehead atoms. The minimum Gasteiger partial charge on any atom is -0.337 e. The summed E-state index contributed by atoms with van der Waals surface area (Å²) in [5.41, 5.74) is 0.169. The molecule has 2 fully saturated rings. The number of amides is 1. The summed E-state index contributed by atoms with van der Waals surface area (Å²) in [7, 11) is 0. The summed E-state index contributed by atoms with van der Waals surface area (Å²) in [5.74, 6) is 1.10. The molecule has 0 saturated carbocycles. The second kappa shape index (κ2) is 4.00. The predicted octanol–water partition coefficient (Wildman–Crippen LogP) is -0.334. The van der Waals surface area contributed by atoms with Gasteiger partial charge in [-0.2, -0.15) is 0 Å². The summed E-state index contributed by atoms with van der Waals surface area (Å²) in [6, 6.07) is 4.69. The summed E-state index contributed by atoms with van der Waals surface area (Å²) in [6.45, 7) is 3.60. The summed E-state index contributed by atoms with van der Waals surface area (Å²) in [4.78, 5) is 27.8. The number of carbonyl (C=O) groups is 1. The number of nitrogens with one attached hydrogen (secondary N) is 2. The van der Waals surface area contributed by atoms with E-state index in [0.29, 0.717) is 17.5 Å². The highest BCUT2D eigenvalue weighted by atomic mass is 16.2. The normalized spacial score (nSPS) is 27.2. The standard InChI is InChI=1S/C12H15N3O2/c16-11-3-1-2-10(14-11)12(17)15-6-8-4-13-5-9(8)7-15/h1-3,8-9,13H,4-7H2,(H,14,16)/t8-,9+. The number of nitrogens with zero attached hydrogens (tertiary/aromatic N) is 1. The fourth-order valence-electron chi connectivity index (χ4n) is 2.76. The Balaban J connectivity index is 1.77. The maximum atomic E-state index is 12.2. The van der Waals surface area contributed by atoms with E-state index in [1.54, 1.807) is 12.1 Å². The Morgan fingerprint density at radius 1 is 1.24 bits per heavy atom. The van der Waals surface area contributed by atoms with Gasteiger partial charge < -0.3 is 15.2 Å². The summed E-state index contributed by atoms with van der Waals surface area (Å²) >= 11 is 0. The van der Waals surface area contributed by atoms with Crippen LogP contribution >= 0.6 is 0 Å². The molecule has 2 aliphatic heterocycles. The van der Waals surface area contributed by atoms with Gasteiger partial charge in [0.1, 0.15) is 5.69 Å². The second-order valence-corrected chi connectivity index (χ2v) is 4.82. The van der Waals surface area contributed by atoms with Crippen molar-refractivity contribution in [3.05, 3.63) is 34.2 Å². The van der Waals surface area contributed by atoms with Crippen LogP contribution in [0.25, 0.3) is 0 Å². The van der Waals surface area contributed by atoms with Gasteiger partial charge in [0.15, 0.2) is 0 Å². The van der Waals surface area contributed by atoms with Crippen LogP contribution < -0.4 is 10.9 Å². The fourth-order valence-corrected chi connectivity index (χ4v) is 2.76. The highest BCUT2D eigenvalue weighted by Crippen LogP contribution is 2.26. The summed E-state index contributed by atoms with van der Waals surface area (Å²) in [6.07, 6.45) is 0. The average Bonchev–Trinajstić information content (AvgIpc) is 2.88. The van der Waals surface area contributed by atoms with Gasteiger partial charge in [0.25, 0.3) is 5.91 Å². The van der Waals surface area contributed by atoms with Crippen molar-refractivity contribution in [2.75, 3.05) is 26.2 Å². The molecule has 1 amide bonds. The lowest BCUT2D eigenvalue weighted by Crippen LogP contribution is -2.33. The lowest BCUT2D eigenvalue weighted by molar-refractivity contribution is 0.0775. The topological polar surface area (TPSA) is 65.2 Å². The molecular formula is C12H15N3O2. The van der Waals surface area contributed by atoms with Crippen molar-refractivity contribution in [3.8, 4) is 0 Å². The molecule has 0 aliphatic carbocycles. The molecule has 17 heavy (non-hydrogen) atoms. The first-order valence-corrected chi connectivity index (χ1v) is 5.93. The molecule has 1 aromatic heterocycles. The van der Waals surface area contributed by atoms with E-state index in [-0.39, 0.29) is 11.5 Å². The zero-order valence-corrected chi connectivity index (χ0v) is 9.48. The van der Waals surface area contributed by atoms with Gasteiger partial charge in [-0.1, -0.05) is 6.07 Å². The maximum Gasteiger partial charge on any atom is 0.270 e. The lowest BCUT2D eigenvalue weighted by atomic mass is 10.0. The molecule has 1 aromatic rings. The number of aromatic amines is 1. The van der Waals surface area contributed by atoms with Gasteiger partial charge >= 0.3 is 0 Å². The molecule has 2 atom stereocenters. The number of hydrogen-bond acceptors (Lipinski definition) is 3. The van der Waals surface area contributed by atoms with Crippen LogP contribution in [-0.2, 0) is 0 Å². The monoisotopic (exact) mass is 233 g/mol. The molecule has 0 radical (unpaired) electrons. The molecule has 5 nitrogen and oxygen atoms in total. The van der Waals surface area contributed by atoms with E-state index in [4.69, 9.17) is 0 Å². The van der Waals surface area contributed by atoms with Crippen LogP contribution in [0.2, 0.25) is 0 Å². The number of likely N-dealkylation sites (tertiary alicyclic amines) is 1. The number of H-pyrrole nitrogens is 1. The van der Waals surface area contributed by atoms with E-state index < -0.39 is 0 Å². The van der Waals surface area contributed by atoms with Crippen molar-refractivity contribution in [2.45, 2.75) is 0 Å². The van der Waals surface area contributed by atoms with Crippen molar-refractivity contribution < 1.29 is 4.79 Å². The van der Waals surface area contributed by atoms with Crippen LogP contribution in [0.3, 0.4) is 0 Å². The van der Waals surface area contributed by atoms with E-state index in [9.17, 15) is 9.59 Å². The van der Waals surface area contributed by atoms with Crippen molar-refractivity contribution in [2.24, 2.45) is 11.8 Å². The van der Waals surface area contributed by atoms with Gasteiger partial charge in [0.2, 0.25) is 5.56 Å². The molecular weight excluding hydrogens is 218 g/mol. The van der Waals surface area contributed by atoms with Gasteiger partial charge in [-0.15, -0.1) is 0 Å². The van der Waals surface area contributed by atoms with Crippen LogP contribution in [0.15, 0.2) is 23.0 Å². The van der Waals surface area contributed by atoms with E-state index in [1.165, 1.54) is 6.07 Å². The molecule has 3 rings (SSSR count). The number of rotatable bonds is 1. The predicted molar refractivity (Wildman–Crippen MR) is 62.8 cm³/mol. The van der Waals surface area contributed by atoms with Crippen LogP contribution in [0.5, 0.6) is 0 Å². The van der Waals surface area contributed by atoms with Crippen molar-refractivity contribution in [3.63, 3.8) is 0 Å². The zero-order valence-electron chi connectivity index (χ0n) is 9.48. The summed E-state index contributed by atoms with van der Waals surface area (Å²) < 4.78 is 0. The Morgan fingerprint density at radius 2 is 1.94 bits per heavy atom. The highest BCUT2D eigenvalue weighted by Gasteiger charge is 2.38. The average molecular weight is 233 g/mol. The first-order chi connectivity index (χ1) is 8.24. The van der Waals surface area contributed by atoms with Gasteiger partial charge in [-0.3, -0.25) is 9.59 Å². The molecule has 0 unspecified atom stereocenters. The SMILES string of the molecule is O=C(c1cccc(=O)[nH]1)N1C[C@H]2CNC[C@H]2C1. The highest BCUT2D eigenvalue weighted by molar-refractivity contribution is 5.92. The third kappa shape index (κ3) is 1.86. The minimum absolute atomic E-state index is 0.0582. The number of hydrogen-bond donors (Lipinski definition) is 2. The smallest absolute Gasteiger partial charge is 0.270 e. The van der Waals surface area contributed by atoms with Gasteiger partial charge in [0, 0.05) is 32.2 Å². The van der Waals surface area contributed by atoms with Gasteiger partial charge in [-0.05, 0) is 17.9 Å². The third-order valence-corrected chi connectivity index (χ3v) is 3.68. The fraction of sp³-hybridized carbons (Fsp3) is 0.500. The molecule has 0 spiro atoms. The number of aromatic nitrogens is 1. The Hall–Kier alpha value is -1.62. The maximum absolute atomic E-state index is 12.2. The van der Waals surface area contributed by atoms with E-state index in [0.717, 1.165) is 26.2 Å². The van der Waals surface area contributed by atoms with Crippen LogP contribution in [0.4, 0.5) is 0 Å². The molecule has 2 aliphatic rings. The number of pyridine rings is 1. The van der Waals surface area contributed by atoms with E-state index >= 15 is 0 Å². The van der Waals surface area contributed by atoms with Crippen LogP contribution in [-0.4, -0.2) is 42.0 Å². The Labute approximate surface area is 98.8 Å². The number of fused-ring (bicyclic) bond motifs is 1. The molecule has 2 N–H and O–H groups in total. The van der Waals surface area contributed by atoms with Crippen molar-refractivity contribution >= 4 is 5.91 Å². The van der Waals surface area contributed by atoms with Crippen LogP contribution in [0, 0.1) is 11.8 Å². The largest absolute Gasteiger partial charge is 0.337 e. The molecule has 0 aromatic carbocycles. The molecule has 5 heteroatoms. The lowest BCUT2D eigenvalue weighted by Gasteiger charge is -2.17. The Kier molecular flexibility index (Phi) is 2.48. The molecule has 3 heterocycles. The summed E-state index contributed by atoms with van der Waals surface area (Å²) in [5, 5.41) is 3.34. The minimum atomic E-state index is -0.225. The Bertz CT molecular complexity index is 485. The Morgan fingerprint density at radius 3 is 2.59 bits per heavy atom. The van der Waals surface area contributed by atoms with Crippen molar-refractivity contribution in [1.29, 1.82) is 0 Å². The first-order valence-electron chi connectivity index (χ1n) is 5.93. The van der Waals surface area contributed by atoms with Gasteiger partial charge in [-0.25, -0.2) is 0 Å². The quantitative estimate of drug-likeness (QED) is 0.698. The van der Waals surface area contributed by atoms with Gasteiger partial charge in [0.05, 0.1) is 0 Å². The van der Waals surface area contributed by atoms with E-state index in [2.05, 4.69) is 10.3 Å². The molecule has 2 saturated heterocycles. The third-order valence-electron chi connectivity index (χ3n) is 3.68. The first kappa shape index (κ1) is 10.5. The van der Waals surface area contributed by atoms with Crippen LogP contribution in [0.1, 0.15) is 10.5 Å². The molecule has 90 valence electrons.